The smallest absolute Gasteiger partial charge is 0.234 e. The number of hydrogen-bond acceptors (Lipinski definition) is 3. The van der Waals surface area contributed by atoms with Crippen LogP contribution in [0.4, 0.5) is 11.4 Å². The number of aryl methyl sites for hydroxylation is 4. The van der Waals surface area contributed by atoms with Gasteiger partial charge in [-0.15, -0.1) is 11.8 Å². The summed E-state index contributed by atoms with van der Waals surface area (Å²) in [5, 5.41) is 5.98. The number of carbonyl (C=O) groups is 2. The van der Waals surface area contributed by atoms with Gasteiger partial charge in [-0.3, -0.25) is 9.59 Å². The molecule has 0 bridgehead atoms. The second-order valence-corrected chi connectivity index (χ2v) is 7.50. The Kier molecular flexibility index (Phi) is 7.92. The van der Waals surface area contributed by atoms with Crippen LogP contribution in [-0.2, 0) is 22.4 Å². The van der Waals surface area contributed by atoms with E-state index in [-0.39, 0.29) is 23.3 Å². The summed E-state index contributed by atoms with van der Waals surface area (Å²) in [4.78, 5) is 24.5. The van der Waals surface area contributed by atoms with Crippen molar-refractivity contribution in [2.75, 3.05) is 22.1 Å². The van der Waals surface area contributed by atoms with Crippen molar-refractivity contribution in [1.29, 1.82) is 0 Å². The van der Waals surface area contributed by atoms with E-state index in [9.17, 15) is 9.59 Å². The van der Waals surface area contributed by atoms with Gasteiger partial charge >= 0.3 is 0 Å². The molecule has 0 aromatic heterocycles. The Morgan fingerprint density at radius 2 is 1.19 bits per heavy atom. The highest BCUT2D eigenvalue weighted by molar-refractivity contribution is 8.00. The van der Waals surface area contributed by atoms with Crippen LogP contribution in [0.5, 0.6) is 0 Å². The van der Waals surface area contributed by atoms with Crippen LogP contribution in [0, 0.1) is 13.8 Å². The first-order valence-corrected chi connectivity index (χ1v) is 10.5. The fourth-order valence-electron chi connectivity index (χ4n) is 2.99. The third-order valence-electron chi connectivity index (χ3n) is 4.48. The molecule has 2 aromatic carbocycles. The molecule has 0 aliphatic carbocycles. The molecule has 2 aromatic rings. The van der Waals surface area contributed by atoms with Gasteiger partial charge in [-0.2, -0.15) is 0 Å². The van der Waals surface area contributed by atoms with Crippen LogP contribution < -0.4 is 10.6 Å². The number of para-hydroxylation sites is 2. The highest BCUT2D eigenvalue weighted by atomic mass is 32.2. The van der Waals surface area contributed by atoms with Crippen molar-refractivity contribution in [3.8, 4) is 0 Å². The molecule has 0 heterocycles. The third-order valence-corrected chi connectivity index (χ3v) is 5.41. The zero-order valence-electron chi connectivity index (χ0n) is 16.5. The van der Waals surface area contributed by atoms with E-state index in [0.717, 1.165) is 46.5 Å². The minimum atomic E-state index is -0.0815. The minimum Gasteiger partial charge on any atom is -0.325 e. The Bertz CT molecular complexity index is 750. The van der Waals surface area contributed by atoms with Crippen molar-refractivity contribution < 1.29 is 9.59 Å². The average Bonchev–Trinajstić information content (AvgIpc) is 2.65. The van der Waals surface area contributed by atoms with E-state index in [4.69, 9.17) is 0 Å². The monoisotopic (exact) mass is 384 g/mol. The molecular formula is C22H28N2O2S. The van der Waals surface area contributed by atoms with Gasteiger partial charge in [-0.1, -0.05) is 50.2 Å². The molecule has 2 N–H and O–H groups in total. The SMILES string of the molecule is CCc1cccc(C)c1NC(=O)CSCC(=O)Nc1c(C)cccc1CC. The highest BCUT2D eigenvalue weighted by Crippen LogP contribution is 2.22. The molecule has 4 nitrogen and oxygen atoms in total. The predicted octanol–water partition coefficient (Wildman–Crippen LogP) is 4.74. The number of carbonyl (C=O) groups excluding carboxylic acids is 2. The number of benzene rings is 2. The first kappa shape index (κ1) is 21.0. The molecule has 0 spiro atoms. The van der Waals surface area contributed by atoms with E-state index in [1.165, 1.54) is 11.8 Å². The van der Waals surface area contributed by atoms with Gasteiger partial charge in [0.1, 0.15) is 0 Å². The maximum Gasteiger partial charge on any atom is 0.234 e. The van der Waals surface area contributed by atoms with E-state index >= 15 is 0 Å². The molecule has 0 aliphatic heterocycles. The largest absolute Gasteiger partial charge is 0.325 e. The molecule has 0 atom stereocenters. The molecule has 0 aliphatic rings. The molecule has 144 valence electrons. The van der Waals surface area contributed by atoms with Crippen LogP contribution in [0.2, 0.25) is 0 Å². The lowest BCUT2D eigenvalue weighted by Crippen LogP contribution is -2.20. The number of amides is 2. The zero-order chi connectivity index (χ0) is 19.8. The number of rotatable bonds is 8. The molecule has 2 rings (SSSR count). The van der Waals surface area contributed by atoms with E-state index in [1.54, 1.807) is 0 Å². The summed E-state index contributed by atoms with van der Waals surface area (Å²) < 4.78 is 0. The lowest BCUT2D eigenvalue weighted by atomic mass is 10.1. The normalized spacial score (nSPS) is 10.5. The van der Waals surface area contributed by atoms with Gasteiger partial charge in [0, 0.05) is 11.4 Å². The molecule has 0 unspecified atom stereocenters. The molecule has 0 fully saturated rings. The lowest BCUT2D eigenvalue weighted by molar-refractivity contribution is -0.114. The molecule has 27 heavy (non-hydrogen) atoms. The van der Waals surface area contributed by atoms with E-state index in [1.807, 2.05) is 50.2 Å². The van der Waals surface area contributed by atoms with Crippen molar-refractivity contribution in [1.82, 2.24) is 0 Å². The summed E-state index contributed by atoms with van der Waals surface area (Å²) in [5.74, 6) is 0.336. The van der Waals surface area contributed by atoms with Gasteiger partial charge in [0.25, 0.3) is 0 Å². The Morgan fingerprint density at radius 1 is 0.778 bits per heavy atom. The summed E-state index contributed by atoms with van der Waals surface area (Å²) in [5.41, 5.74) is 6.13. The van der Waals surface area contributed by atoms with Crippen LogP contribution in [-0.4, -0.2) is 23.3 Å². The molecule has 0 radical (unpaired) electrons. The molecule has 0 saturated heterocycles. The quantitative estimate of drug-likeness (QED) is 0.691. The summed E-state index contributed by atoms with van der Waals surface area (Å²) in [6.45, 7) is 8.12. The van der Waals surface area contributed by atoms with E-state index in [0.29, 0.717) is 0 Å². The van der Waals surface area contributed by atoms with Crippen molar-refractivity contribution >= 4 is 35.0 Å². The Labute approximate surface area is 166 Å². The maximum atomic E-state index is 12.3. The van der Waals surface area contributed by atoms with Gasteiger partial charge in [-0.25, -0.2) is 0 Å². The number of hydrogen-bond donors (Lipinski definition) is 2. The van der Waals surface area contributed by atoms with Crippen LogP contribution >= 0.6 is 11.8 Å². The van der Waals surface area contributed by atoms with Crippen molar-refractivity contribution in [3.05, 3.63) is 58.7 Å². The topological polar surface area (TPSA) is 58.2 Å². The van der Waals surface area contributed by atoms with Gasteiger partial charge in [-0.05, 0) is 48.9 Å². The predicted molar refractivity (Wildman–Crippen MR) is 116 cm³/mol. The Balaban J connectivity index is 1.86. The second kappa shape index (κ2) is 10.2. The highest BCUT2D eigenvalue weighted by Gasteiger charge is 2.12. The van der Waals surface area contributed by atoms with E-state index in [2.05, 4.69) is 24.5 Å². The summed E-state index contributed by atoms with van der Waals surface area (Å²) in [6.07, 6.45) is 1.73. The van der Waals surface area contributed by atoms with Crippen LogP contribution in [0.1, 0.15) is 36.1 Å². The van der Waals surface area contributed by atoms with Gasteiger partial charge in [0.05, 0.1) is 11.5 Å². The van der Waals surface area contributed by atoms with Crippen molar-refractivity contribution in [2.24, 2.45) is 0 Å². The van der Waals surface area contributed by atoms with Gasteiger partial charge in [0.15, 0.2) is 0 Å². The summed E-state index contributed by atoms with van der Waals surface area (Å²) >= 11 is 1.32. The molecule has 2 amide bonds. The average molecular weight is 385 g/mol. The molecule has 5 heteroatoms. The Hall–Kier alpha value is -2.27. The number of nitrogens with one attached hydrogen (secondary N) is 2. The number of thioether (sulfide) groups is 1. The summed E-state index contributed by atoms with van der Waals surface area (Å²) in [7, 11) is 0. The fourth-order valence-corrected chi connectivity index (χ4v) is 3.61. The lowest BCUT2D eigenvalue weighted by Gasteiger charge is -2.14. The number of anilines is 2. The third kappa shape index (κ3) is 5.86. The van der Waals surface area contributed by atoms with Crippen LogP contribution in [0.3, 0.4) is 0 Å². The first-order valence-electron chi connectivity index (χ1n) is 9.30. The zero-order valence-corrected chi connectivity index (χ0v) is 17.3. The van der Waals surface area contributed by atoms with Crippen molar-refractivity contribution in [3.63, 3.8) is 0 Å². The van der Waals surface area contributed by atoms with Gasteiger partial charge < -0.3 is 10.6 Å². The maximum absolute atomic E-state index is 12.3. The summed E-state index contributed by atoms with van der Waals surface area (Å²) in [6, 6.07) is 12.0. The minimum absolute atomic E-state index is 0.0815. The van der Waals surface area contributed by atoms with Gasteiger partial charge in [0.2, 0.25) is 11.8 Å². The molecule has 0 saturated carbocycles. The van der Waals surface area contributed by atoms with Crippen LogP contribution in [0.15, 0.2) is 36.4 Å². The molecular weight excluding hydrogens is 356 g/mol. The standard InChI is InChI=1S/C22H28N2O2S/c1-5-17-11-7-9-15(3)21(17)23-19(25)13-27-14-20(26)24-22-16(4)10-8-12-18(22)6-2/h7-12H,5-6,13-14H2,1-4H3,(H,23,25)(H,24,26). The first-order chi connectivity index (χ1) is 13.0. The van der Waals surface area contributed by atoms with E-state index < -0.39 is 0 Å². The second-order valence-electron chi connectivity index (χ2n) is 6.51. The van der Waals surface area contributed by atoms with Crippen LogP contribution in [0.25, 0.3) is 0 Å². The fraction of sp³-hybridized carbons (Fsp3) is 0.364. The Morgan fingerprint density at radius 3 is 1.56 bits per heavy atom. The van der Waals surface area contributed by atoms with Crippen molar-refractivity contribution in [2.45, 2.75) is 40.5 Å².